The number of carbonyl (C=O) groups excluding carboxylic acids is 1. The van der Waals surface area contributed by atoms with Crippen LogP contribution in [-0.4, -0.2) is 36.8 Å². The number of benzene rings is 2. The van der Waals surface area contributed by atoms with Crippen molar-refractivity contribution in [2.45, 2.75) is 13.0 Å². The first-order valence-corrected chi connectivity index (χ1v) is 9.31. The van der Waals surface area contributed by atoms with Gasteiger partial charge in [0, 0.05) is 12.1 Å². The number of methoxy groups -OCH3 is 3. The van der Waals surface area contributed by atoms with Gasteiger partial charge >= 0.3 is 11.7 Å². The Hall–Kier alpha value is -3.81. The van der Waals surface area contributed by atoms with E-state index in [-0.39, 0.29) is 16.9 Å². The molecule has 0 amide bonds. The van der Waals surface area contributed by atoms with Gasteiger partial charge in [0.1, 0.15) is 11.4 Å². The van der Waals surface area contributed by atoms with E-state index in [1.54, 1.807) is 42.0 Å². The van der Waals surface area contributed by atoms with Gasteiger partial charge in [0.15, 0.2) is 11.5 Å². The lowest BCUT2D eigenvalue weighted by molar-refractivity contribution is -0.383. The van der Waals surface area contributed by atoms with E-state index in [9.17, 15) is 14.9 Å². The number of nitrogens with zero attached hydrogens (tertiary/aromatic N) is 2. The lowest BCUT2D eigenvalue weighted by Crippen LogP contribution is -2.17. The molecule has 0 bridgehead atoms. The average molecular weight is 408 g/mol. The summed E-state index contributed by atoms with van der Waals surface area (Å²) in [5.74, 6) is 0.392. The molecule has 0 spiro atoms. The second kappa shape index (κ2) is 7.55. The SMILES string of the molecule is COC(=O)c1c(-c2ccccc2)c([N+](=O)[O-])c2n1CCc1cc(OC)c(OC)cc1-2. The highest BCUT2D eigenvalue weighted by Crippen LogP contribution is 2.49. The Bertz CT molecular complexity index is 1150. The van der Waals surface area contributed by atoms with E-state index in [0.29, 0.717) is 41.3 Å². The summed E-state index contributed by atoms with van der Waals surface area (Å²) in [5.41, 5.74) is 2.76. The Kier molecular flexibility index (Phi) is 4.91. The van der Waals surface area contributed by atoms with Crippen LogP contribution in [0.25, 0.3) is 22.4 Å². The molecule has 0 radical (unpaired) electrons. The maximum Gasteiger partial charge on any atom is 0.355 e. The molecule has 0 fully saturated rings. The minimum atomic E-state index is -0.618. The molecule has 2 heterocycles. The molecule has 154 valence electrons. The summed E-state index contributed by atoms with van der Waals surface area (Å²) in [6.45, 7) is 0.399. The van der Waals surface area contributed by atoms with Gasteiger partial charge in [-0.1, -0.05) is 30.3 Å². The Balaban J connectivity index is 2.12. The van der Waals surface area contributed by atoms with Gasteiger partial charge in [-0.25, -0.2) is 4.79 Å². The lowest BCUT2D eigenvalue weighted by Gasteiger charge is -2.22. The van der Waals surface area contributed by atoms with E-state index in [2.05, 4.69) is 0 Å². The third kappa shape index (κ3) is 2.88. The standard InChI is InChI=1S/C22H20N2O6/c1-28-16-11-14-9-10-23-19(15(14)12-17(16)29-2)20(24(26)27)18(21(23)22(25)30-3)13-7-5-4-6-8-13/h4-8,11-12H,9-10H2,1-3H3. The molecule has 0 saturated heterocycles. The van der Waals surface area contributed by atoms with Crippen molar-refractivity contribution in [2.75, 3.05) is 21.3 Å². The maximum absolute atomic E-state index is 12.7. The monoisotopic (exact) mass is 408 g/mol. The highest BCUT2D eigenvalue weighted by atomic mass is 16.6. The van der Waals surface area contributed by atoms with Gasteiger partial charge in [-0.15, -0.1) is 0 Å². The smallest absolute Gasteiger partial charge is 0.355 e. The van der Waals surface area contributed by atoms with Crippen LogP contribution in [0.5, 0.6) is 11.5 Å². The molecule has 0 aliphatic carbocycles. The zero-order valence-electron chi connectivity index (χ0n) is 16.8. The number of carbonyl (C=O) groups is 1. The zero-order chi connectivity index (χ0) is 21.4. The molecule has 0 unspecified atom stereocenters. The molecule has 4 rings (SSSR count). The zero-order valence-corrected chi connectivity index (χ0v) is 16.8. The quantitative estimate of drug-likeness (QED) is 0.359. The maximum atomic E-state index is 12.7. The van der Waals surface area contributed by atoms with Crippen LogP contribution in [0.15, 0.2) is 42.5 Å². The van der Waals surface area contributed by atoms with Crippen molar-refractivity contribution in [1.82, 2.24) is 4.57 Å². The molecule has 3 aromatic rings. The number of fused-ring (bicyclic) bond motifs is 3. The van der Waals surface area contributed by atoms with E-state index in [4.69, 9.17) is 14.2 Å². The van der Waals surface area contributed by atoms with Gasteiger partial charge in [-0.3, -0.25) is 10.1 Å². The summed E-state index contributed by atoms with van der Waals surface area (Å²) < 4.78 is 17.5. The predicted molar refractivity (Wildman–Crippen MR) is 110 cm³/mol. The fourth-order valence-electron chi connectivity index (χ4n) is 4.05. The lowest BCUT2D eigenvalue weighted by atomic mass is 9.96. The van der Waals surface area contributed by atoms with Crippen molar-refractivity contribution in [3.8, 4) is 33.9 Å². The summed E-state index contributed by atoms with van der Waals surface area (Å²) >= 11 is 0. The Morgan fingerprint density at radius 1 is 1.07 bits per heavy atom. The Morgan fingerprint density at radius 3 is 2.33 bits per heavy atom. The first kappa shape index (κ1) is 19.5. The molecule has 0 N–H and O–H groups in total. The Morgan fingerprint density at radius 2 is 1.73 bits per heavy atom. The molecule has 1 aromatic heterocycles. The molecular weight excluding hydrogens is 388 g/mol. The van der Waals surface area contributed by atoms with Gasteiger partial charge in [-0.05, 0) is 29.7 Å². The van der Waals surface area contributed by atoms with Crippen molar-refractivity contribution in [3.05, 3.63) is 63.8 Å². The average Bonchev–Trinajstić information content (AvgIpc) is 3.14. The van der Waals surface area contributed by atoms with Crippen LogP contribution in [0.4, 0.5) is 5.69 Å². The minimum absolute atomic E-state index is 0.130. The summed E-state index contributed by atoms with van der Waals surface area (Å²) in [4.78, 5) is 24.6. The molecule has 0 saturated carbocycles. The van der Waals surface area contributed by atoms with Crippen LogP contribution >= 0.6 is 0 Å². The predicted octanol–water partition coefficient (Wildman–Crippen LogP) is 4.09. The van der Waals surface area contributed by atoms with Crippen LogP contribution in [0.1, 0.15) is 16.1 Å². The van der Waals surface area contributed by atoms with Crippen molar-refractivity contribution in [2.24, 2.45) is 0 Å². The number of aryl methyl sites for hydroxylation is 1. The number of hydrogen-bond acceptors (Lipinski definition) is 6. The first-order chi connectivity index (χ1) is 14.5. The molecular formula is C22H20N2O6. The van der Waals surface area contributed by atoms with Crippen LogP contribution in [0.3, 0.4) is 0 Å². The normalized spacial score (nSPS) is 12.0. The topological polar surface area (TPSA) is 92.8 Å². The fourth-order valence-corrected chi connectivity index (χ4v) is 4.05. The highest BCUT2D eigenvalue weighted by molar-refractivity contribution is 6.03. The largest absolute Gasteiger partial charge is 0.493 e. The fraction of sp³-hybridized carbons (Fsp3) is 0.227. The summed E-state index contributed by atoms with van der Waals surface area (Å²) in [6.07, 6.45) is 0.576. The summed E-state index contributed by atoms with van der Waals surface area (Å²) in [6, 6.07) is 12.4. The third-order valence-electron chi connectivity index (χ3n) is 5.33. The van der Waals surface area contributed by atoms with Crippen molar-refractivity contribution in [1.29, 1.82) is 0 Å². The van der Waals surface area contributed by atoms with Crippen LogP contribution in [0.2, 0.25) is 0 Å². The Labute approximate surface area is 172 Å². The first-order valence-electron chi connectivity index (χ1n) is 9.31. The van der Waals surface area contributed by atoms with E-state index in [1.165, 1.54) is 14.2 Å². The second-order valence-electron chi connectivity index (χ2n) is 6.80. The number of nitro groups is 1. The van der Waals surface area contributed by atoms with Gasteiger partial charge in [0.05, 0.1) is 31.8 Å². The van der Waals surface area contributed by atoms with E-state index in [0.717, 1.165) is 5.56 Å². The van der Waals surface area contributed by atoms with Gasteiger partial charge in [0.25, 0.3) is 0 Å². The van der Waals surface area contributed by atoms with Gasteiger partial charge in [-0.2, -0.15) is 0 Å². The number of ether oxygens (including phenoxy) is 3. The number of hydrogen-bond donors (Lipinski definition) is 0. The van der Waals surface area contributed by atoms with Crippen LogP contribution < -0.4 is 9.47 Å². The summed E-state index contributed by atoms with van der Waals surface area (Å²) in [5, 5.41) is 12.3. The summed E-state index contributed by atoms with van der Waals surface area (Å²) in [7, 11) is 4.32. The second-order valence-corrected chi connectivity index (χ2v) is 6.80. The number of aromatic nitrogens is 1. The molecule has 1 aliphatic heterocycles. The number of rotatable bonds is 5. The molecule has 30 heavy (non-hydrogen) atoms. The van der Waals surface area contributed by atoms with Crippen LogP contribution in [0, 0.1) is 10.1 Å². The van der Waals surface area contributed by atoms with Crippen molar-refractivity contribution >= 4 is 11.7 Å². The van der Waals surface area contributed by atoms with Crippen molar-refractivity contribution in [3.63, 3.8) is 0 Å². The van der Waals surface area contributed by atoms with Gasteiger partial charge < -0.3 is 18.8 Å². The third-order valence-corrected chi connectivity index (χ3v) is 5.33. The van der Waals surface area contributed by atoms with E-state index in [1.807, 2.05) is 12.1 Å². The number of esters is 1. The molecule has 0 atom stereocenters. The highest BCUT2D eigenvalue weighted by Gasteiger charge is 2.38. The minimum Gasteiger partial charge on any atom is -0.493 e. The molecule has 1 aliphatic rings. The van der Waals surface area contributed by atoms with Gasteiger partial charge in [0.2, 0.25) is 0 Å². The molecule has 8 heteroatoms. The molecule has 2 aromatic carbocycles. The van der Waals surface area contributed by atoms with Crippen molar-refractivity contribution < 1.29 is 23.9 Å². The van der Waals surface area contributed by atoms with E-state index < -0.39 is 10.9 Å². The van der Waals surface area contributed by atoms with Crippen LogP contribution in [-0.2, 0) is 17.7 Å². The van der Waals surface area contributed by atoms with E-state index >= 15 is 0 Å². The molecule has 8 nitrogen and oxygen atoms in total.